The molecule has 0 radical (unpaired) electrons. The number of rotatable bonds is 9. The van der Waals surface area contributed by atoms with Crippen molar-refractivity contribution in [3.63, 3.8) is 0 Å². The van der Waals surface area contributed by atoms with Crippen LogP contribution in [-0.2, 0) is 9.53 Å². The predicted octanol–water partition coefficient (Wildman–Crippen LogP) is 3.96. The molecule has 0 spiro atoms. The fraction of sp³-hybridized carbons (Fsp3) is 0.696. The molecule has 1 aromatic rings. The number of aliphatic carboxylic acids is 1. The summed E-state index contributed by atoms with van der Waals surface area (Å²) in [6.07, 6.45) is 6.11. The molecule has 1 aromatic carbocycles. The fourth-order valence-corrected chi connectivity index (χ4v) is 5.17. The van der Waals surface area contributed by atoms with Crippen molar-refractivity contribution in [3.8, 4) is 0 Å². The molecular formula is C23H36Cl2N2O3. The molecule has 2 atom stereocenters. The van der Waals surface area contributed by atoms with Crippen LogP contribution in [0.15, 0.2) is 30.3 Å². The van der Waals surface area contributed by atoms with Gasteiger partial charge in [-0.3, -0.25) is 4.79 Å². The number of piperidine rings is 1. The number of carbonyl (C=O) groups is 1. The molecule has 2 aliphatic carbocycles. The summed E-state index contributed by atoms with van der Waals surface area (Å²) in [6.45, 7) is 4.45. The number of ether oxygens (including phenoxy) is 1. The van der Waals surface area contributed by atoms with Gasteiger partial charge in [-0.25, -0.2) is 0 Å². The Balaban J connectivity index is 0.00000160. The first-order valence-electron chi connectivity index (χ1n) is 10.8. The van der Waals surface area contributed by atoms with E-state index in [1.165, 1.54) is 12.0 Å². The van der Waals surface area contributed by atoms with E-state index in [1.54, 1.807) is 7.11 Å². The molecule has 1 aliphatic heterocycles. The van der Waals surface area contributed by atoms with Gasteiger partial charge in [0.25, 0.3) is 0 Å². The van der Waals surface area contributed by atoms with Gasteiger partial charge < -0.3 is 20.1 Å². The van der Waals surface area contributed by atoms with Crippen LogP contribution in [-0.4, -0.2) is 61.9 Å². The third-order valence-electron chi connectivity index (χ3n) is 7.42. The average molecular weight is 459 g/mol. The van der Waals surface area contributed by atoms with E-state index in [1.807, 2.05) is 0 Å². The summed E-state index contributed by atoms with van der Waals surface area (Å²) in [6, 6.07) is 11.4. The highest BCUT2D eigenvalue weighted by Crippen LogP contribution is 2.44. The van der Waals surface area contributed by atoms with Gasteiger partial charge in [0.2, 0.25) is 0 Å². The summed E-state index contributed by atoms with van der Waals surface area (Å²) >= 11 is 0. The number of carboxylic acids is 1. The Labute approximate surface area is 192 Å². The Morgan fingerprint density at radius 3 is 2.37 bits per heavy atom. The average Bonchev–Trinajstić information content (AvgIpc) is 3.45. The SMILES string of the molecule is COCC1(CNC2CC2c2ccccc2)CCN(CC2(C(=O)O)CCC2)CC1.Cl.Cl. The minimum absolute atomic E-state index is 0. The van der Waals surface area contributed by atoms with Crippen molar-refractivity contribution >= 4 is 30.8 Å². The number of nitrogens with one attached hydrogen (secondary N) is 1. The smallest absolute Gasteiger partial charge is 0.310 e. The van der Waals surface area contributed by atoms with Gasteiger partial charge in [0.15, 0.2) is 0 Å². The van der Waals surface area contributed by atoms with E-state index in [9.17, 15) is 9.90 Å². The van der Waals surface area contributed by atoms with Crippen LogP contribution < -0.4 is 5.32 Å². The summed E-state index contributed by atoms with van der Waals surface area (Å²) in [5.74, 6) is 0.0461. The van der Waals surface area contributed by atoms with Crippen molar-refractivity contribution in [2.24, 2.45) is 10.8 Å². The Morgan fingerprint density at radius 1 is 1.17 bits per heavy atom. The molecule has 4 rings (SSSR count). The van der Waals surface area contributed by atoms with Crippen LogP contribution in [0.25, 0.3) is 0 Å². The van der Waals surface area contributed by atoms with Crippen molar-refractivity contribution in [2.45, 2.75) is 50.5 Å². The molecule has 3 fully saturated rings. The first kappa shape index (κ1) is 25.4. The second-order valence-electron chi connectivity index (χ2n) is 9.39. The number of hydrogen-bond donors (Lipinski definition) is 2. The van der Waals surface area contributed by atoms with Gasteiger partial charge in [0.1, 0.15) is 0 Å². The number of benzene rings is 1. The molecular weight excluding hydrogens is 423 g/mol. The van der Waals surface area contributed by atoms with Crippen LogP contribution in [0, 0.1) is 10.8 Å². The number of likely N-dealkylation sites (tertiary alicyclic amines) is 1. The van der Waals surface area contributed by atoms with Crippen molar-refractivity contribution in [1.29, 1.82) is 0 Å². The Bertz CT molecular complexity index is 676. The molecule has 0 bridgehead atoms. The maximum Gasteiger partial charge on any atom is 0.310 e. The van der Waals surface area contributed by atoms with Gasteiger partial charge in [-0.05, 0) is 50.8 Å². The van der Waals surface area contributed by atoms with E-state index < -0.39 is 11.4 Å². The van der Waals surface area contributed by atoms with Gasteiger partial charge in [-0.2, -0.15) is 0 Å². The molecule has 2 N–H and O–H groups in total. The predicted molar refractivity (Wildman–Crippen MR) is 124 cm³/mol. The van der Waals surface area contributed by atoms with E-state index >= 15 is 0 Å². The molecule has 30 heavy (non-hydrogen) atoms. The van der Waals surface area contributed by atoms with Crippen LogP contribution in [0.5, 0.6) is 0 Å². The zero-order valence-electron chi connectivity index (χ0n) is 17.8. The Morgan fingerprint density at radius 2 is 1.83 bits per heavy atom. The van der Waals surface area contributed by atoms with Crippen LogP contribution >= 0.6 is 24.8 Å². The minimum atomic E-state index is -0.602. The zero-order chi connectivity index (χ0) is 19.6. The largest absolute Gasteiger partial charge is 0.481 e. The third-order valence-corrected chi connectivity index (χ3v) is 7.42. The molecule has 2 saturated carbocycles. The summed E-state index contributed by atoms with van der Waals surface area (Å²) in [5, 5.41) is 13.4. The summed E-state index contributed by atoms with van der Waals surface area (Å²) in [5.41, 5.74) is 1.14. The lowest BCUT2D eigenvalue weighted by Gasteiger charge is -2.46. The van der Waals surface area contributed by atoms with E-state index in [2.05, 4.69) is 40.5 Å². The lowest BCUT2D eigenvalue weighted by atomic mass is 9.68. The number of hydrogen-bond acceptors (Lipinski definition) is 4. The monoisotopic (exact) mass is 458 g/mol. The number of carboxylic acid groups (broad SMARTS) is 1. The van der Waals surface area contributed by atoms with Crippen molar-refractivity contribution < 1.29 is 14.6 Å². The lowest BCUT2D eigenvalue weighted by molar-refractivity contribution is -0.157. The third kappa shape index (κ3) is 5.49. The highest BCUT2D eigenvalue weighted by Gasteiger charge is 2.47. The van der Waals surface area contributed by atoms with Crippen molar-refractivity contribution in [3.05, 3.63) is 35.9 Å². The first-order chi connectivity index (χ1) is 13.6. The van der Waals surface area contributed by atoms with Gasteiger partial charge in [0.05, 0.1) is 12.0 Å². The van der Waals surface area contributed by atoms with Crippen molar-refractivity contribution in [1.82, 2.24) is 10.2 Å². The molecule has 3 aliphatic rings. The fourth-order valence-electron chi connectivity index (χ4n) is 5.17. The molecule has 0 aromatic heterocycles. The summed E-state index contributed by atoms with van der Waals surface area (Å²) in [4.78, 5) is 14.1. The molecule has 5 nitrogen and oxygen atoms in total. The van der Waals surface area contributed by atoms with Crippen molar-refractivity contribution in [2.75, 3.05) is 39.9 Å². The quantitative estimate of drug-likeness (QED) is 0.586. The normalized spacial score (nSPS) is 26.6. The molecule has 170 valence electrons. The van der Waals surface area contributed by atoms with E-state index in [4.69, 9.17) is 4.74 Å². The zero-order valence-corrected chi connectivity index (χ0v) is 19.5. The van der Waals surface area contributed by atoms with Crippen LogP contribution in [0.4, 0.5) is 0 Å². The number of nitrogens with zero attached hydrogens (tertiary/aromatic N) is 1. The van der Waals surface area contributed by atoms with Crippen LogP contribution in [0.2, 0.25) is 0 Å². The molecule has 7 heteroatoms. The number of halogens is 2. The van der Waals surface area contributed by atoms with Gasteiger partial charge >= 0.3 is 5.97 Å². The topological polar surface area (TPSA) is 61.8 Å². The standard InChI is InChI=1S/C23H34N2O3.2ClH/c1-28-17-22(15-24-20-14-19(20)18-6-3-2-4-7-18)10-12-25(13-11-22)16-23(21(26)27)8-5-9-23;;/h2-4,6-7,19-20,24H,5,8-17H2,1H3,(H,26,27);2*1H. The van der Waals surface area contributed by atoms with E-state index in [-0.39, 0.29) is 30.2 Å². The molecule has 0 amide bonds. The Hall–Kier alpha value is -0.850. The second kappa shape index (κ2) is 10.6. The lowest BCUT2D eigenvalue weighted by Crippen LogP contribution is -2.53. The van der Waals surface area contributed by atoms with Gasteiger partial charge in [-0.15, -0.1) is 24.8 Å². The van der Waals surface area contributed by atoms with Crippen LogP contribution in [0.3, 0.4) is 0 Å². The maximum absolute atomic E-state index is 11.7. The van der Waals surface area contributed by atoms with E-state index in [0.717, 1.165) is 64.9 Å². The summed E-state index contributed by atoms with van der Waals surface area (Å²) in [7, 11) is 1.80. The maximum atomic E-state index is 11.7. The van der Waals surface area contributed by atoms with Crippen LogP contribution in [0.1, 0.15) is 50.0 Å². The van der Waals surface area contributed by atoms with Gasteiger partial charge in [0, 0.05) is 37.6 Å². The van der Waals surface area contributed by atoms with E-state index in [0.29, 0.717) is 12.0 Å². The Kier molecular flexibility index (Phi) is 9.02. The second-order valence-corrected chi connectivity index (χ2v) is 9.39. The first-order valence-corrected chi connectivity index (χ1v) is 10.8. The highest BCUT2D eigenvalue weighted by atomic mass is 35.5. The molecule has 1 heterocycles. The molecule has 2 unspecified atom stereocenters. The number of methoxy groups -OCH3 is 1. The minimum Gasteiger partial charge on any atom is -0.481 e. The van der Waals surface area contributed by atoms with Gasteiger partial charge in [-0.1, -0.05) is 36.8 Å². The summed E-state index contributed by atoms with van der Waals surface area (Å²) < 4.78 is 5.60. The highest BCUT2D eigenvalue weighted by molar-refractivity contribution is 5.85. The molecule has 1 saturated heterocycles.